The summed E-state index contributed by atoms with van der Waals surface area (Å²) in [4.78, 5) is 22.9. The van der Waals surface area contributed by atoms with E-state index in [1.807, 2.05) is 0 Å². The van der Waals surface area contributed by atoms with Crippen molar-refractivity contribution in [3.05, 3.63) is 69.8 Å². The Morgan fingerprint density at radius 3 is 2.41 bits per heavy atom. The third kappa shape index (κ3) is 3.96. The molecular weight excluding hydrogens is 358 g/mol. The van der Waals surface area contributed by atoms with Crippen molar-refractivity contribution in [2.45, 2.75) is 24.6 Å². The van der Waals surface area contributed by atoms with Crippen molar-refractivity contribution >= 4 is 11.5 Å². The number of aliphatic hydroxyl groups excluding tert-OH is 3. The molecular formula is C18H17NO8. The van der Waals surface area contributed by atoms with Gasteiger partial charge in [0.1, 0.15) is 24.1 Å². The van der Waals surface area contributed by atoms with Gasteiger partial charge in [0.15, 0.2) is 5.78 Å². The molecule has 1 aliphatic rings. The molecule has 0 saturated carbocycles. The number of rotatable bonds is 5. The minimum Gasteiger partial charge on any atom is -0.461 e. The average molecular weight is 375 g/mol. The van der Waals surface area contributed by atoms with Gasteiger partial charge in [0.25, 0.3) is 5.69 Å². The summed E-state index contributed by atoms with van der Waals surface area (Å²) in [5, 5.41) is 40.0. The van der Waals surface area contributed by atoms with Gasteiger partial charge in [-0.2, -0.15) is 0 Å². The molecule has 1 aliphatic heterocycles. The number of para-hydroxylation sites is 1. The fourth-order valence-corrected chi connectivity index (χ4v) is 2.66. The topological polar surface area (TPSA) is 139 Å². The Balaban J connectivity index is 1.83. The fraction of sp³-hybridized carbons (Fsp3) is 0.278. The highest BCUT2D eigenvalue weighted by atomic mass is 16.7. The number of ketones is 1. The van der Waals surface area contributed by atoms with Gasteiger partial charge >= 0.3 is 0 Å². The maximum atomic E-state index is 12.7. The molecule has 142 valence electrons. The van der Waals surface area contributed by atoms with Crippen LogP contribution in [0.15, 0.2) is 48.5 Å². The summed E-state index contributed by atoms with van der Waals surface area (Å²) in [5.74, 6) is -0.333. The Labute approximate surface area is 153 Å². The van der Waals surface area contributed by atoms with E-state index in [-0.39, 0.29) is 29.2 Å². The highest BCUT2D eigenvalue weighted by molar-refractivity contribution is 6.10. The van der Waals surface area contributed by atoms with Crippen molar-refractivity contribution in [3.63, 3.8) is 0 Å². The van der Waals surface area contributed by atoms with Crippen LogP contribution in [-0.2, 0) is 4.74 Å². The summed E-state index contributed by atoms with van der Waals surface area (Å²) < 4.78 is 10.7. The standard InChI is InChI=1S/C18H17NO8/c20-13-9-26-18(17(23)16(13)22)27-14-4-2-1-3-12(14)15(21)10-5-7-11(8-6-10)19(24)25/h1-8,13,16-18,20,22-23H,9H2/t13-,16+,17-,18-/m1/s1. The number of carbonyl (C=O) groups is 1. The molecule has 0 aliphatic carbocycles. The van der Waals surface area contributed by atoms with Crippen LogP contribution in [0.5, 0.6) is 5.75 Å². The summed E-state index contributed by atoms with van der Waals surface area (Å²) in [7, 11) is 0. The number of nitrogens with zero attached hydrogens (tertiary/aromatic N) is 1. The lowest BCUT2D eigenvalue weighted by molar-refractivity contribution is -0.384. The monoisotopic (exact) mass is 375 g/mol. The molecule has 3 rings (SSSR count). The second-order valence-electron chi connectivity index (χ2n) is 6.00. The molecule has 0 bridgehead atoms. The molecule has 9 nitrogen and oxygen atoms in total. The highest BCUT2D eigenvalue weighted by Gasteiger charge is 2.39. The van der Waals surface area contributed by atoms with Gasteiger partial charge in [0.2, 0.25) is 6.29 Å². The van der Waals surface area contributed by atoms with Gasteiger partial charge in [0.05, 0.1) is 17.1 Å². The predicted molar refractivity (Wildman–Crippen MR) is 91.4 cm³/mol. The van der Waals surface area contributed by atoms with Crippen molar-refractivity contribution < 1.29 is 34.5 Å². The van der Waals surface area contributed by atoms with Gasteiger partial charge in [-0.15, -0.1) is 0 Å². The van der Waals surface area contributed by atoms with E-state index in [1.54, 1.807) is 12.1 Å². The number of nitro benzene ring substituents is 1. The zero-order valence-electron chi connectivity index (χ0n) is 14.0. The van der Waals surface area contributed by atoms with Gasteiger partial charge in [0, 0.05) is 17.7 Å². The Kier molecular flexibility index (Phi) is 5.47. The first-order chi connectivity index (χ1) is 12.9. The minimum atomic E-state index is -1.50. The molecule has 1 heterocycles. The number of nitro groups is 1. The van der Waals surface area contributed by atoms with E-state index in [1.165, 1.54) is 36.4 Å². The summed E-state index contributed by atoms with van der Waals surface area (Å²) in [6, 6.07) is 11.3. The smallest absolute Gasteiger partial charge is 0.269 e. The third-order valence-electron chi connectivity index (χ3n) is 4.17. The van der Waals surface area contributed by atoms with Crippen molar-refractivity contribution in [1.82, 2.24) is 0 Å². The van der Waals surface area contributed by atoms with Crippen LogP contribution in [0.4, 0.5) is 5.69 Å². The van der Waals surface area contributed by atoms with Crippen LogP contribution in [0, 0.1) is 10.1 Å². The molecule has 0 unspecified atom stereocenters. The van der Waals surface area contributed by atoms with Gasteiger partial charge in [-0.1, -0.05) is 12.1 Å². The Hall–Kier alpha value is -2.85. The molecule has 2 aromatic carbocycles. The van der Waals surface area contributed by atoms with E-state index < -0.39 is 35.3 Å². The Morgan fingerprint density at radius 2 is 1.74 bits per heavy atom. The number of carbonyl (C=O) groups excluding carboxylic acids is 1. The van der Waals surface area contributed by atoms with E-state index in [9.17, 15) is 30.2 Å². The summed E-state index contributed by atoms with van der Waals surface area (Å²) in [5.41, 5.74) is 0.238. The number of non-ortho nitro benzene ring substituents is 1. The van der Waals surface area contributed by atoms with Gasteiger partial charge in [-0.25, -0.2) is 0 Å². The molecule has 1 fully saturated rings. The van der Waals surface area contributed by atoms with Gasteiger partial charge in [-0.3, -0.25) is 14.9 Å². The van der Waals surface area contributed by atoms with E-state index in [4.69, 9.17) is 9.47 Å². The van der Waals surface area contributed by atoms with Crippen LogP contribution >= 0.6 is 0 Å². The maximum Gasteiger partial charge on any atom is 0.269 e. The Morgan fingerprint density at radius 1 is 1.07 bits per heavy atom. The maximum absolute atomic E-state index is 12.7. The molecule has 4 atom stereocenters. The summed E-state index contributed by atoms with van der Waals surface area (Å²) >= 11 is 0. The zero-order chi connectivity index (χ0) is 19.6. The average Bonchev–Trinajstić information content (AvgIpc) is 2.68. The molecule has 0 radical (unpaired) electrons. The highest BCUT2D eigenvalue weighted by Crippen LogP contribution is 2.26. The lowest BCUT2D eigenvalue weighted by Gasteiger charge is -2.35. The lowest BCUT2D eigenvalue weighted by atomic mass is 10.0. The molecule has 0 spiro atoms. The lowest BCUT2D eigenvalue weighted by Crippen LogP contribution is -2.54. The van der Waals surface area contributed by atoms with E-state index >= 15 is 0 Å². The van der Waals surface area contributed by atoms with E-state index in [0.29, 0.717) is 0 Å². The van der Waals surface area contributed by atoms with E-state index in [0.717, 1.165) is 0 Å². The molecule has 9 heteroatoms. The van der Waals surface area contributed by atoms with E-state index in [2.05, 4.69) is 0 Å². The van der Waals surface area contributed by atoms with Crippen LogP contribution in [0.3, 0.4) is 0 Å². The van der Waals surface area contributed by atoms with Crippen molar-refractivity contribution in [3.8, 4) is 5.75 Å². The number of hydrogen-bond acceptors (Lipinski definition) is 8. The SMILES string of the molecule is O=C(c1ccc([N+](=O)[O-])cc1)c1ccccc1O[C@H]1OC[C@@H](O)[C@H](O)[C@H]1O. The first-order valence-electron chi connectivity index (χ1n) is 8.09. The van der Waals surface area contributed by atoms with Crippen molar-refractivity contribution in [1.29, 1.82) is 0 Å². The second-order valence-corrected chi connectivity index (χ2v) is 6.00. The van der Waals surface area contributed by atoms with Crippen LogP contribution in [0.1, 0.15) is 15.9 Å². The van der Waals surface area contributed by atoms with Gasteiger partial charge in [-0.05, 0) is 24.3 Å². The normalized spacial score (nSPS) is 25.0. The second kappa shape index (κ2) is 7.80. The van der Waals surface area contributed by atoms with Crippen LogP contribution < -0.4 is 4.74 Å². The first-order valence-corrected chi connectivity index (χ1v) is 8.09. The summed E-state index contributed by atoms with van der Waals surface area (Å²) in [6.45, 7) is -0.235. The largest absolute Gasteiger partial charge is 0.461 e. The van der Waals surface area contributed by atoms with Crippen molar-refractivity contribution in [2.24, 2.45) is 0 Å². The number of aliphatic hydroxyl groups is 3. The fourth-order valence-electron chi connectivity index (χ4n) is 2.66. The Bertz CT molecular complexity index is 838. The van der Waals surface area contributed by atoms with Crippen LogP contribution in [0.2, 0.25) is 0 Å². The molecule has 2 aromatic rings. The first kappa shape index (κ1) is 18.9. The number of ether oxygens (including phenoxy) is 2. The summed E-state index contributed by atoms with van der Waals surface area (Å²) in [6.07, 6.45) is -5.45. The molecule has 0 amide bonds. The van der Waals surface area contributed by atoms with Crippen molar-refractivity contribution in [2.75, 3.05) is 6.61 Å². The number of benzene rings is 2. The zero-order valence-corrected chi connectivity index (χ0v) is 14.0. The molecule has 3 N–H and O–H groups in total. The number of hydrogen-bond donors (Lipinski definition) is 3. The molecule has 1 saturated heterocycles. The molecule has 0 aromatic heterocycles. The molecule has 27 heavy (non-hydrogen) atoms. The quantitative estimate of drug-likeness (QED) is 0.393. The predicted octanol–water partition coefficient (Wildman–Crippen LogP) is 0.644. The van der Waals surface area contributed by atoms with Gasteiger partial charge < -0.3 is 24.8 Å². The van der Waals surface area contributed by atoms with Crippen LogP contribution in [0.25, 0.3) is 0 Å². The third-order valence-corrected chi connectivity index (χ3v) is 4.17. The van der Waals surface area contributed by atoms with Crippen LogP contribution in [-0.4, -0.2) is 57.2 Å². The minimum absolute atomic E-state index is 0.105.